The zero-order chi connectivity index (χ0) is 13.1. The lowest BCUT2D eigenvalue weighted by Crippen LogP contribution is -2.03. The number of aryl methyl sites for hydroxylation is 1. The maximum atomic E-state index is 13.5. The summed E-state index contributed by atoms with van der Waals surface area (Å²) >= 11 is 3.16. The van der Waals surface area contributed by atoms with Gasteiger partial charge in [-0.15, -0.1) is 6.58 Å². The molecule has 0 spiro atoms. The molecule has 0 radical (unpaired) electrons. The van der Waals surface area contributed by atoms with Gasteiger partial charge in [-0.25, -0.2) is 9.37 Å². The summed E-state index contributed by atoms with van der Waals surface area (Å²) in [5.74, 6) is 0.365. The van der Waals surface area contributed by atoms with Crippen LogP contribution >= 0.6 is 15.9 Å². The van der Waals surface area contributed by atoms with Gasteiger partial charge in [0.2, 0.25) is 5.95 Å². The summed E-state index contributed by atoms with van der Waals surface area (Å²) in [6.45, 7) is 6.25. The van der Waals surface area contributed by atoms with E-state index in [1.54, 1.807) is 18.3 Å². The van der Waals surface area contributed by atoms with Crippen LogP contribution in [0.5, 0.6) is 0 Å². The molecule has 0 aliphatic rings. The normalized spacial score (nSPS) is 10.4. The van der Waals surface area contributed by atoms with Crippen molar-refractivity contribution in [1.29, 1.82) is 0 Å². The minimum atomic E-state index is -0.301. The SMILES string of the molecule is C=CCn1ccnc1Nc1cc(F)c(Br)cc1C. The number of hydrogen-bond donors (Lipinski definition) is 1. The molecule has 0 aliphatic carbocycles. The van der Waals surface area contributed by atoms with Crippen LogP contribution in [0.1, 0.15) is 5.56 Å². The lowest BCUT2D eigenvalue weighted by atomic mass is 10.2. The standard InChI is InChI=1S/C13H13BrFN3/c1-3-5-18-6-4-16-13(18)17-12-8-11(15)10(14)7-9(12)2/h3-4,6-8H,1,5H2,2H3,(H,16,17). The molecule has 2 aromatic rings. The van der Waals surface area contributed by atoms with Crippen molar-refractivity contribution in [1.82, 2.24) is 9.55 Å². The monoisotopic (exact) mass is 309 g/mol. The van der Waals surface area contributed by atoms with Crippen LogP contribution in [-0.2, 0) is 6.54 Å². The summed E-state index contributed by atoms with van der Waals surface area (Å²) in [5.41, 5.74) is 1.64. The molecule has 0 amide bonds. The number of hydrogen-bond acceptors (Lipinski definition) is 2. The molecule has 1 N–H and O–H groups in total. The smallest absolute Gasteiger partial charge is 0.207 e. The Labute approximate surface area is 113 Å². The third kappa shape index (κ3) is 2.61. The van der Waals surface area contributed by atoms with E-state index in [0.717, 1.165) is 5.56 Å². The summed E-state index contributed by atoms with van der Waals surface area (Å²) in [6.07, 6.45) is 5.31. The van der Waals surface area contributed by atoms with Gasteiger partial charge in [-0.05, 0) is 40.5 Å². The van der Waals surface area contributed by atoms with Gasteiger partial charge in [-0.2, -0.15) is 0 Å². The van der Waals surface area contributed by atoms with Crippen LogP contribution in [0.4, 0.5) is 16.0 Å². The highest BCUT2D eigenvalue weighted by Crippen LogP contribution is 2.26. The van der Waals surface area contributed by atoms with Crippen molar-refractivity contribution in [3.63, 3.8) is 0 Å². The maximum Gasteiger partial charge on any atom is 0.207 e. The van der Waals surface area contributed by atoms with Crippen molar-refractivity contribution in [2.24, 2.45) is 0 Å². The Hall–Kier alpha value is -1.62. The molecule has 1 aromatic heterocycles. The Morgan fingerprint density at radius 1 is 1.56 bits per heavy atom. The first-order valence-corrected chi connectivity index (χ1v) is 6.26. The molecule has 0 fully saturated rings. The van der Waals surface area contributed by atoms with Crippen LogP contribution in [-0.4, -0.2) is 9.55 Å². The Bertz CT molecular complexity index is 578. The van der Waals surface area contributed by atoms with Crippen LogP contribution in [0.25, 0.3) is 0 Å². The zero-order valence-electron chi connectivity index (χ0n) is 9.95. The van der Waals surface area contributed by atoms with Crippen molar-refractivity contribution < 1.29 is 4.39 Å². The first kappa shape index (κ1) is 12.8. The molecular weight excluding hydrogens is 297 g/mol. The lowest BCUT2D eigenvalue weighted by molar-refractivity contribution is 0.621. The molecule has 3 nitrogen and oxygen atoms in total. The van der Waals surface area contributed by atoms with Crippen LogP contribution in [0.3, 0.4) is 0 Å². The lowest BCUT2D eigenvalue weighted by Gasteiger charge is -2.11. The van der Waals surface area contributed by atoms with E-state index in [0.29, 0.717) is 22.7 Å². The number of nitrogens with zero attached hydrogens (tertiary/aromatic N) is 2. The first-order chi connectivity index (χ1) is 8.61. The van der Waals surface area contributed by atoms with Gasteiger partial charge in [0.25, 0.3) is 0 Å². The van der Waals surface area contributed by atoms with Crippen LogP contribution in [0, 0.1) is 12.7 Å². The molecular formula is C13H13BrFN3. The van der Waals surface area contributed by atoms with E-state index in [4.69, 9.17) is 0 Å². The van der Waals surface area contributed by atoms with Crippen molar-refractivity contribution in [2.75, 3.05) is 5.32 Å². The van der Waals surface area contributed by atoms with Crippen molar-refractivity contribution in [2.45, 2.75) is 13.5 Å². The van der Waals surface area contributed by atoms with E-state index in [-0.39, 0.29) is 5.82 Å². The minimum absolute atomic E-state index is 0.301. The minimum Gasteiger partial charge on any atom is -0.325 e. The van der Waals surface area contributed by atoms with Crippen LogP contribution < -0.4 is 5.32 Å². The molecule has 2 rings (SSSR count). The van der Waals surface area contributed by atoms with Gasteiger partial charge in [-0.3, -0.25) is 0 Å². The number of halogens is 2. The topological polar surface area (TPSA) is 29.9 Å². The summed E-state index contributed by atoms with van der Waals surface area (Å²) in [6, 6.07) is 3.19. The molecule has 1 aromatic carbocycles. The van der Waals surface area contributed by atoms with Crippen molar-refractivity contribution >= 4 is 27.6 Å². The van der Waals surface area contributed by atoms with E-state index in [2.05, 4.69) is 32.8 Å². The van der Waals surface area contributed by atoms with E-state index in [9.17, 15) is 4.39 Å². The highest BCUT2D eigenvalue weighted by Gasteiger charge is 2.08. The number of anilines is 2. The van der Waals surface area contributed by atoms with Crippen molar-refractivity contribution in [3.05, 3.63) is 53.0 Å². The van der Waals surface area contributed by atoms with E-state index in [1.807, 2.05) is 17.7 Å². The third-order valence-corrected chi connectivity index (χ3v) is 3.16. The molecule has 0 bridgehead atoms. The van der Waals surface area contributed by atoms with Gasteiger partial charge in [0.15, 0.2) is 0 Å². The Kier molecular flexibility index (Phi) is 3.81. The van der Waals surface area contributed by atoms with Gasteiger partial charge >= 0.3 is 0 Å². The fraction of sp³-hybridized carbons (Fsp3) is 0.154. The number of aromatic nitrogens is 2. The highest BCUT2D eigenvalue weighted by molar-refractivity contribution is 9.10. The fourth-order valence-corrected chi connectivity index (χ4v) is 2.08. The predicted molar refractivity (Wildman–Crippen MR) is 74.5 cm³/mol. The van der Waals surface area contributed by atoms with Gasteiger partial charge in [0.05, 0.1) is 4.47 Å². The Morgan fingerprint density at radius 3 is 3.06 bits per heavy atom. The van der Waals surface area contributed by atoms with Crippen LogP contribution in [0.2, 0.25) is 0 Å². The van der Waals surface area contributed by atoms with E-state index in [1.165, 1.54) is 6.07 Å². The number of allylic oxidation sites excluding steroid dienone is 1. The summed E-state index contributed by atoms with van der Waals surface area (Å²) in [7, 11) is 0. The Balaban J connectivity index is 2.31. The Morgan fingerprint density at radius 2 is 2.33 bits per heavy atom. The highest BCUT2D eigenvalue weighted by atomic mass is 79.9. The molecule has 0 unspecified atom stereocenters. The van der Waals surface area contributed by atoms with Gasteiger partial charge in [0.1, 0.15) is 5.82 Å². The molecule has 0 saturated carbocycles. The molecule has 0 atom stereocenters. The average molecular weight is 310 g/mol. The van der Waals surface area contributed by atoms with Gasteiger partial charge < -0.3 is 9.88 Å². The number of imidazole rings is 1. The van der Waals surface area contributed by atoms with Crippen molar-refractivity contribution in [3.8, 4) is 0 Å². The molecule has 94 valence electrons. The van der Waals surface area contributed by atoms with Crippen LogP contribution in [0.15, 0.2) is 41.7 Å². The average Bonchev–Trinajstić information content (AvgIpc) is 2.74. The van der Waals surface area contributed by atoms with E-state index >= 15 is 0 Å². The zero-order valence-corrected chi connectivity index (χ0v) is 11.5. The molecule has 1 heterocycles. The summed E-state index contributed by atoms with van der Waals surface area (Å²) < 4.78 is 15.9. The number of nitrogens with one attached hydrogen (secondary N) is 1. The summed E-state index contributed by atoms with van der Waals surface area (Å²) in [4.78, 5) is 4.19. The number of benzene rings is 1. The molecule has 18 heavy (non-hydrogen) atoms. The summed E-state index contributed by atoms with van der Waals surface area (Å²) in [5, 5.41) is 3.12. The second-order valence-corrected chi connectivity index (χ2v) is 4.75. The third-order valence-electron chi connectivity index (χ3n) is 2.56. The molecule has 0 saturated heterocycles. The predicted octanol–water partition coefficient (Wildman–Crippen LogP) is 4.02. The first-order valence-electron chi connectivity index (χ1n) is 5.46. The van der Waals surface area contributed by atoms with E-state index < -0.39 is 0 Å². The largest absolute Gasteiger partial charge is 0.325 e. The maximum absolute atomic E-state index is 13.5. The second-order valence-electron chi connectivity index (χ2n) is 3.90. The van der Waals surface area contributed by atoms with Gasteiger partial charge in [-0.1, -0.05) is 6.08 Å². The molecule has 5 heteroatoms. The molecule has 0 aliphatic heterocycles. The fourth-order valence-electron chi connectivity index (χ4n) is 1.62. The number of rotatable bonds is 4. The second kappa shape index (κ2) is 5.35. The quantitative estimate of drug-likeness (QED) is 0.864. The van der Waals surface area contributed by atoms with Gasteiger partial charge in [0, 0.05) is 24.6 Å².